The summed E-state index contributed by atoms with van der Waals surface area (Å²) in [6, 6.07) is 0. The van der Waals surface area contributed by atoms with Crippen molar-refractivity contribution < 1.29 is 14.3 Å². The second-order valence-corrected chi connectivity index (χ2v) is 6.20. The highest BCUT2D eigenvalue weighted by Gasteiger charge is 2.35. The van der Waals surface area contributed by atoms with Gasteiger partial charge >= 0.3 is 5.97 Å². The molecule has 0 aromatic carbocycles. The van der Waals surface area contributed by atoms with E-state index in [2.05, 4.69) is 20.8 Å². The number of ether oxygens (including phenoxy) is 2. The first-order chi connectivity index (χ1) is 8.47. The highest BCUT2D eigenvalue weighted by atomic mass is 35.5. The Morgan fingerprint density at radius 3 is 2.72 bits per heavy atom. The molecule has 0 amide bonds. The zero-order valence-corrected chi connectivity index (χ0v) is 11.9. The van der Waals surface area contributed by atoms with E-state index in [4.69, 9.17) is 21.1 Å². The fraction of sp³-hybridized carbons (Fsp3) is 0.786. The third kappa shape index (κ3) is 3.07. The van der Waals surface area contributed by atoms with Gasteiger partial charge in [0.25, 0.3) is 0 Å². The largest absolute Gasteiger partial charge is 0.428 e. The minimum absolute atomic E-state index is 0.130. The van der Waals surface area contributed by atoms with Crippen molar-refractivity contribution >= 4 is 17.6 Å². The van der Waals surface area contributed by atoms with Crippen molar-refractivity contribution in [2.24, 2.45) is 17.8 Å². The molecule has 3 nitrogen and oxygen atoms in total. The summed E-state index contributed by atoms with van der Waals surface area (Å²) in [4.78, 5) is 11.2. The van der Waals surface area contributed by atoms with Crippen molar-refractivity contribution in [3.8, 4) is 0 Å². The molecule has 2 rings (SSSR count). The van der Waals surface area contributed by atoms with Crippen LogP contribution in [-0.4, -0.2) is 18.4 Å². The van der Waals surface area contributed by atoms with Crippen molar-refractivity contribution in [1.82, 2.24) is 0 Å². The maximum absolute atomic E-state index is 11.2. The molecule has 0 aromatic rings. The third-order valence-electron chi connectivity index (χ3n) is 3.97. The molecule has 18 heavy (non-hydrogen) atoms. The van der Waals surface area contributed by atoms with Crippen LogP contribution in [0.25, 0.3) is 0 Å². The highest BCUT2D eigenvalue weighted by molar-refractivity contribution is 6.41. The van der Waals surface area contributed by atoms with Crippen LogP contribution in [-0.2, 0) is 14.3 Å². The van der Waals surface area contributed by atoms with Crippen LogP contribution in [0.15, 0.2) is 11.1 Å². The molecular weight excluding hydrogens is 252 g/mol. The number of carbonyl (C=O) groups is 1. The SMILES string of the molecule is CC(C)[C@H]1CC[C@H](C)C[C@@H]1O[C@@H]1C=C(Cl)C(=O)O1. The molecule has 4 atom stereocenters. The van der Waals surface area contributed by atoms with Crippen molar-refractivity contribution in [3.63, 3.8) is 0 Å². The molecule has 4 heteroatoms. The van der Waals surface area contributed by atoms with Crippen molar-refractivity contribution in [3.05, 3.63) is 11.1 Å². The minimum atomic E-state index is -0.596. The molecule has 0 bridgehead atoms. The quantitative estimate of drug-likeness (QED) is 0.738. The Balaban J connectivity index is 1.99. The Kier molecular flexibility index (Phi) is 4.33. The van der Waals surface area contributed by atoms with Crippen LogP contribution < -0.4 is 0 Å². The molecule has 1 aliphatic heterocycles. The summed E-state index contributed by atoms with van der Waals surface area (Å²) in [7, 11) is 0. The number of carbonyl (C=O) groups excluding carboxylic acids is 1. The van der Waals surface area contributed by atoms with Gasteiger partial charge < -0.3 is 9.47 Å². The average molecular weight is 273 g/mol. The predicted octanol–water partition coefficient (Wildman–Crippen LogP) is 3.47. The molecule has 1 aliphatic carbocycles. The molecule has 2 aliphatic rings. The Morgan fingerprint density at radius 2 is 2.17 bits per heavy atom. The number of cyclic esters (lactones) is 1. The molecule has 0 unspecified atom stereocenters. The highest BCUT2D eigenvalue weighted by Crippen LogP contribution is 2.36. The molecular formula is C14H21ClO3. The Labute approximate surface area is 113 Å². The van der Waals surface area contributed by atoms with E-state index in [-0.39, 0.29) is 11.1 Å². The van der Waals surface area contributed by atoms with Gasteiger partial charge in [-0.2, -0.15) is 0 Å². The summed E-state index contributed by atoms with van der Waals surface area (Å²) < 4.78 is 11.0. The summed E-state index contributed by atoms with van der Waals surface area (Å²) in [6.45, 7) is 6.69. The Bertz CT molecular complexity index is 351. The maximum Gasteiger partial charge on any atom is 0.352 e. The standard InChI is InChI=1S/C14H21ClO3/c1-8(2)10-5-4-9(3)6-12(10)17-13-7-11(15)14(16)18-13/h7-10,12-13H,4-6H2,1-3H3/t9-,10+,12-,13-/m0/s1. The second-order valence-electron chi connectivity index (χ2n) is 5.79. The average Bonchev–Trinajstić information content (AvgIpc) is 2.57. The monoisotopic (exact) mass is 272 g/mol. The first-order valence-electron chi connectivity index (χ1n) is 6.71. The summed E-state index contributed by atoms with van der Waals surface area (Å²) in [5, 5.41) is 0.130. The third-order valence-corrected chi connectivity index (χ3v) is 4.25. The molecule has 0 N–H and O–H groups in total. The van der Waals surface area contributed by atoms with E-state index in [0.29, 0.717) is 17.8 Å². The first kappa shape index (κ1) is 13.9. The van der Waals surface area contributed by atoms with E-state index in [1.54, 1.807) is 6.08 Å². The van der Waals surface area contributed by atoms with Crippen LogP contribution in [0.4, 0.5) is 0 Å². The lowest BCUT2D eigenvalue weighted by molar-refractivity contribution is -0.178. The lowest BCUT2D eigenvalue weighted by atomic mass is 9.75. The molecule has 1 heterocycles. The second kappa shape index (κ2) is 5.62. The lowest BCUT2D eigenvalue weighted by Crippen LogP contribution is -2.36. The molecule has 0 aromatic heterocycles. The van der Waals surface area contributed by atoms with Crippen LogP contribution in [0.2, 0.25) is 0 Å². The Morgan fingerprint density at radius 1 is 1.44 bits per heavy atom. The first-order valence-corrected chi connectivity index (χ1v) is 7.09. The van der Waals surface area contributed by atoms with Crippen molar-refractivity contribution in [2.45, 2.75) is 52.4 Å². The molecule has 1 saturated carbocycles. The van der Waals surface area contributed by atoms with Gasteiger partial charge in [-0.05, 0) is 30.6 Å². The van der Waals surface area contributed by atoms with Crippen LogP contribution in [0.5, 0.6) is 0 Å². The smallest absolute Gasteiger partial charge is 0.352 e. The van der Waals surface area contributed by atoms with Crippen LogP contribution in [0.3, 0.4) is 0 Å². The number of esters is 1. The van der Waals surface area contributed by atoms with Gasteiger partial charge in [0.1, 0.15) is 5.03 Å². The van der Waals surface area contributed by atoms with E-state index in [1.807, 2.05) is 0 Å². The molecule has 0 spiro atoms. The van der Waals surface area contributed by atoms with Gasteiger partial charge in [-0.3, -0.25) is 0 Å². The van der Waals surface area contributed by atoms with Gasteiger partial charge in [-0.15, -0.1) is 0 Å². The lowest BCUT2D eigenvalue weighted by Gasteiger charge is -2.37. The number of hydrogen-bond donors (Lipinski definition) is 0. The van der Waals surface area contributed by atoms with Crippen molar-refractivity contribution in [1.29, 1.82) is 0 Å². The van der Waals surface area contributed by atoms with Gasteiger partial charge in [0.15, 0.2) is 0 Å². The number of halogens is 1. The molecule has 0 saturated heterocycles. The van der Waals surface area contributed by atoms with Crippen LogP contribution in [0.1, 0.15) is 40.0 Å². The van der Waals surface area contributed by atoms with Gasteiger partial charge in [-0.25, -0.2) is 4.79 Å². The zero-order chi connectivity index (χ0) is 13.3. The summed E-state index contributed by atoms with van der Waals surface area (Å²) in [5.41, 5.74) is 0. The normalized spacial score (nSPS) is 36.7. The van der Waals surface area contributed by atoms with E-state index >= 15 is 0 Å². The van der Waals surface area contributed by atoms with E-state index < -0.39 is 12.3 Å². The minimum Gasteiger partial charge on any atom is -0.428 e. The predicted molar refractivity (Wildman–Crippen MR) is 70.0 cm³/mol. The summed E-state index contributed by atoms with van der Waals surface area (Å²) >= 11 is 5.71. The van der Waals surface area contributed by atoms with Crippen LogP contribution in [0, 0.1) is 17.8 Å². The van der Waals surface area contributed by atoms with E-state index in [0.717, 1.165) is 6.42 Å². The van der Waals surface area contributed by atoms with Crippen LogP contribution >= 0.6 is 11.6 Å². The molecule has 0 radical (unpaired) electrons. The molecule has 102 valence electrons. The Hall–Kier alpha value is -0.540. The molecule has 1 fully saturated rings. The fourth-order valence-corrected chi connectivity index (χ4v) is 3.04. The van der Waals surface area contributed by atoms with Gasteiger partial charge in [0, 0.05) is 6.08 Å². The number of rotatable bonds is 3. The maximum atomic E-state index is 11.2. The van der Waals surface area contributed by atoms with Gasteiger partial charge in [0.05, 0.1) is 6.10 Å². The summed E-state index contributed by atoms with van der Waals surface area (Å²) in [6.07, 6.45) is 4.58. The fourth-order valence-electron chi connectivity index (χ4n) is 2.89. The van der Waals surface area contributed by atoms with E-state index in [1.165, 1.54) is 12.8 Å². The van der Waals surface area contributed by atoms with Gasteiger partial charge in [-0.1, -0.05) is 38.8 Å². The summed E-state index contributed by atoms with van der Waals surface area (Å²) in [5.74, 6) is 1.31. The van der Waals surface area contributed by atoms with Gasteiger partial charge in [0.2, 0.25) is 6.29 Å². The van der Waals surface area contributed by atoms with E-state index in [9.17, 15) is 4.79 Å². The van der Waals surface area contributed by atoms with Crippen molar-refractivity contribution in [2.75, 3.05) is 0 Å². The number of hydrogen-bond acceptors (Lipinski definition) is 3. The topological polar surface area (TPSA) is 35.5 Å². The zero-order valence-electron chi connectivity index (χ0n) is 11.2.